The van der Waals surface area contributed by atoms with Crippen LogP contribution in [0.5, 0.6) is 0 Å². The minimum atomic E-state index is -0.0435. The third kappa shape index (κ3) is 1.67. The zero-order valence-corrected chi connectivity index (χ0v) is 9.46. The zero-order chi connectivity index (χ0) is 11.0. The van der Waals surface area contributed by atoms with Crippen LogP contribution in [-0.2, 0) is 0 Å². The van der Waals surface area contributed by atoms with Crippen LogP contribution in [0.4, 0.5) is 0 Å². The van der Waals surface area contributed by atoms with Crippen molar-refractivity contribution in [2.45, 2.75) is 25.2 Å². The highest BCUT2D eigenvalue weighted by atomic mass is 32.1. The SMILES string of the molecule is O=c1[nH]cc(-c2cnc(C3CCC3)nc2)s1. The smallest absolute Gasteiger partial charge is 0.305 e. The van der Waals surface area contributed by atoms with Gasteiger partial charge < -0.3 is 4.98 Å². The lowest BCUT2D eigenvalue weighted by molar-refractivity contribution is 0.401. The van der Waals surface area contributed by atoms with E-state index < -0.39 is 0 Å². The van der Waals surface area contributed by atoms with Crippen molar-refractivity contribution in [3.63, 3.8) is 0 Å². The number of nitrogens with zero attached hydrogens (tertiary/aromatic N) is 2. The average molecular weight is 233 g/mol. The Labute approximate surface area is 96.4 Å². The Hall–Kier alpha value is -1.49. The highest BCUT2D eigenvalue weighted by Crippen LogP contribution is 2.34. The first-order valence-corrected chi connectivity index (χ1v) is 6.15. The van der Waals surface area contributed by atoms with E-state index in [0.717, 1.165) is 16.3 Å². The molecule has 0 aromatic carbocycles. The first-order chi connectivity index (χ1) is 7.83. The van der Waals surface area contributed by atoms with Crippen LogP contribution < -0.4 is 4.87 Å². The molecule has 0 atom stereocenters. The second kappa shape index (κ2) is 3.83. The predicted molar refractivity (Wildman–Crippen MR) is 62.6 cm³/mol. The standard InChI is InChI=1S/C11H11N3OS/c15-11-14-6-9(16-11)8-4-12-10(13-5-8)7-2-1-3-7/h4-7H,1-3H2,(H,14,15). The lowest BCUT2D eigenvalue weighted by Gasteiger charge is -2.23. The first kappa shape index (κ1) is 9.72. The molecule has 16 heavy (non-hydrogen) atoms. The molecular formula is C11H11N3OS. The molecule has 1 N–H and O–H groups in total. The van der Waals surface area contributed by atoms with E-state index in [9.17, 15) is 4.79 Å². The predicted octanol–water partition coefficient (Wildman–Crippen LogP) is 2.16. The van der Waals surface area contributed by atoms with E-state index in [1.54, 1.807) is 18.6 Å². The third-order valence-corrected chi connectivity index (χ3v) is 3.83. The minimum absolute atomic E-state index is 0.0435. The highest BCUT2D eigenvalue weighted by Gasteiger charge is 2.21. The van der Waals surface area contributed by atoms with E-state index >= 15 is 0 Å². The quantitative estimate of drug-likeness (QED) is 0.864. The molecule has 2 heterocycles. The van der Waals surface area contributed by atoms with Gasteiger partial charge in [0.05, 0.1) is 4.88 Å². The van der Waals surface area contributed by atoms with Gasteiger partial charge in [-0.2, -0.15) is 0 Å². The monoisotopic (exact) mass is 233 g/mol. The molecule has 0 spiro atoms. The summed E-state index contributed by atoms with van der Waals surface area (Å²) in [5.41, 5.74) is 0.909. The summed E-state index contributed by atoms with van der Waals surface area (Å²) < 4.78 is 0. The van der Waals surface area contributed by atoms with Crippen molar-refractivity contribution in [3.8, 4) is 10.4 Å². The molecule has 1 saturated carbocycles. The molecule has 1 fully saturated rings. The number of hydrogen-bond acceptors (Lipinski definition) is 4. The van der Waals surface area contributed by atoms with E-state index in [2.05, 4.69) is 15.0 Å². The summed E-state index contributed by atoms with van der Waals surface area (Å²) >= 11 is 1.18. The van der Waals surface area contributed by atoms with Gasteiger partial charge in [0.1, 0.15) is 5.82 Å². The Morgan fingerprint density at radius 1 is 1.31 bits per heavy atom. The minimum Gasteiger partial charge on any atom is -0.319 e. The molecule has 2 aromatic heterocycles. The van der Waals surface area contributed by atoms with E-state index in [1.165, 1.54) is 30.6 Å². The Kier molecular flexibility index (Phi) is 2.32. The zero-order valence-electron chi connectivity index (χ0n) is 8.64. The number of H-pyrrole nitrogens is 1. The largest absolute Gasteiger partial charge is 0.319 e. The maximum absolute atomic E-state index is 11.0. The Morgan fingerprint density at radius 2 is 2.06 bits per heavy atom. The summed E-state index contributed by atoms with van der Waals surface area (Å²) in [5.74, 6) is 1.50. The van der Waals surface area contributed by atoms with Gasteiger partial charge in [0.25, 0.3) is 0 Å². The molecule has 1 aliphatic carbocycles. The third-order valence-electron chi connectivity index (χ3n) is 2.95. The Bertz CT molecular complexity index is 539. The van der Waals surface area contributed by atoms with Crippen LogP contribution in [0.1, 0.15) is 31.0 Å². The number of aromatic nitrogens is 3. The van der Waals surface area contributed by atoms with Gasteiger partial charge in [-0.25, -0.2) is 9.97 Å². The molecule has 2 aromatic rings. The number of thiazole rings is 1. The van der Waals surface area contributed by atoms with Crippen molar-refractivity contribution < 1.29 is 0 Å². The fourth-order valence-electron chi connectivity index (χ4n) is 1.77. The molecule has 0 saturated heterocycles. The number of hydrogen-bond donors (Lipinski definition) is 1. The van der Waals surface area contributed by atoms with Crippen LogP contribution >= 0.6 is 11.3 Å². The van der Waals surface area contributed by atoms with Crippen molar-refractivity contribution in [1.82, 2.24) is 15.0 Å². The fraction of sp³-hybridized carbons (Fsp3) is 0.364. The number of rotatable bonds is 2. The van der Waals surface area contributed by atoms with E-state index in [1.807, 2.05) is 0 Å². The molecule has 5 heteroatoms. The van der Waals surface area contributed by atoms with Gasteiger partial charge in [-0.3, -0.25) is 4.79 Å². The summed E-state index contributed by atoms with van der Waals surface area (Å²) in [6.07, 6.45) is 9.01. The van der Waals surface area contributed by atoms with Crippen LogP contribution in [0.25, 0.3) is 10.4 Å². The van der Waals surface area contributed by atoms with Crippen LogP contribution in [-0.4, -0.2) is 15.0 Å². The average Bonchev–Trinajstić information content (AvgIpc) is 2.63. The van der Waals surface area contributed by atoms with Gasteiger partial charge in [-0.15, -0.1) is 0 Å². The lowest BCUT2D eigenvalue weighted by atomic mass is 9.85. The normalized spacial score (nSPS) is 16.0. The van der Waals surface area contributed by atoms with Crippen LogP contribution in [0.15, 0.2) is 23.4 Å². The molecule has 82 valence electrons. The van der Waals surface area contributed by atoms with Crippen LogP contribution in [0, 0.1) is 0 Å². The van der Waals surface area contributed by atoms with Gasteiger partial charge in [-0.05, 0) is 12.8 Å². The summed E-state index contributed by atoms with van der Waals surface area (Å²) in [6, 6.07) is 0. The highest BCUT2D eigenvalue weighted by molar-refractivity contribution is 7.12. The molecule has 0 bridgehead atoms. The topological polar surface area (TPSA) is 58.6 Å². The second-order valence-corrected chi connectivity index (χ2v) is 5.01. The molecule has 0 amide bonds. The van der Waals surface area contributed by atoms with Gasteiger partial charge in [0.15, 0.2) is 0 Å². The van der Waals surface area contributed by atoms with Crippen molar-refractivity contribution in [2.75, 3.05) is 0 Å². The maximum atomic E-state index is 11.0. The molecular weight excluding hydrogens is 222 g/mol. The summed E-state index contributed by atoms with van der Waals surface area (Å²) in [6.45, 7) is 0. The molecule has 4 nitrogen and oxygen atoms in total. The molecule has 3 rings (SSSR count). The second-order valence-electron chi connectivity index (χ2n) is 4.00. The van der Waals surface area contributed by atoms with Crippen molar-refractivity contribution in [3.05, 3.63) is 34.1 Å². The van der Waals surface area contributed by atoms with Gasteiger partial charge >= 0.3 is 4.87 Å². The van der Waals surface area contributed by atoms with Gasteiger partial charge in [-0.1, -0.05) is 17.8 Å². The number of nitrogens with one attached hydrogen (secondary N) is 1. The van der Waals surface area contributed by atoms with E-state index in [-0.39, 0.29) is 4.87 Å². The van der Waals surface area contributed by atoms with Crippen LogP contribution in [0.3, 0.4) is 0 Å². The summed E-state index contributed by atoms with van der Waals surface area (Å²) in [7, 11) is 0. The van der Waals surface area contributed by atoms with Crippen molar-refractivity contribution >= 4 is 11.3 Å². The molecule has 1 aliphatic rings. The van der Waals surface area contributed by atoms with E-state index in [4.69, 9.17) is 0 Å². The first-order valence-electron chi connectivity index (χ1n) is 5.34. The van der Waals surface area contributed by atoms with Gasteiger partial charge in [0.2, 0.25) is 0 Å². The van der Waals surface area contributed by atoms with Crippen LogP contribution in [0.2, 0.25) is 0 Å². The number of aromatic amines is 1. The molecule has 0 unspecified atom stereocenters. The summed E-state index contributed by atoms with van der Waals surface area (Å²) in [4.78, 5) is 23.2. The summed E-state index contributed by atoms with van der Waals surface area (Å²) in [5, 5.41) is 0. The maximum Gasteiger partial charge on any atom is 0.305 e. The Morgan fingerprint density at radius 3 is 2.56 bits per heavy atom. The van der Waals surface area contributed by atoms with Gasteiger partial charge in [0, 0.05) is 30.1 Å². The van der Waals surface area contributed by atoms with E-state index in [0.29, 0.717) is 5.92 Å². The fourth-order valence-corrected chi connectivity index (χ4v) is 2.43. The Balaban J connectivity index is 1.89. The lowest BCUT2D eigenvalue weighted by Crippen LogP contribution is -2.12. The van der Waals surface area contributed by atoms with Crippen molar-refractivity contribution in [1.29, 1.82) is 0 Å². The van der Waals surface area contributed by atoms with Crippen molar-refractivity contribution in [2.24, 2.45) is 0 Å². The molecule has 0 radical (unpaired) electrons. The molecule has 0 aliphatic heterocycles.